The fourth-order valence-electron chi connectivity index (χ4n) is 4.96. The molecular formula is C21H23N5O8. The molecule has 2 aliphatic rings. The zero-order chi connectivity index (χ0) is 24.8. The molecule has 2 aliphatic heterocycles. The number of carboxylic acid groups (broad SMARTS) is 1. The molecule has 2 fully saturated rings. The van der Waals surface area contributed by atoms with Gasteiger partial charge < -0.3 is 25.1 Å². The molecule has 180 valence electrons. The van der Waals surface area contributed by atoms with Crippen molar-refractivity contribution in [1.82, 2.24) is 19.8 Å². The maximum Gasteiger partial charge on any atom is 0.342 e. The number of carbonyl (C=O) groups excluding carboxylic acids is 2. The van der Waals surface area contributed by atoms with Crippen LogP contribution in [0.2, 0.25) is 0 Å². The summed E-state index contributed by atoms with van der Waals surface area (Å²) in [6.07, 6.45) is 1.08. The number of imidazole rings is 1. The lowest BCUT2D eigenvalue weighted by atomic mass is 9.79. The molecule has 0 spiro atoms. The lowest BCUT2D eigenvalue weighted by Gasteiger charge is -2.29. The van der Waals surface area contributed by atoms with Crippen molar-refractivity contribution in [3.63, 3.8) is 0 Å². The third kappa shape index (κ3) is 3.31. The van der Waals surface area contributed by atoms with Crippen LogP contribution in [0.1, 0.15) is 17.4 Å². The Bertz CT molecular complexity index is 1180. The highest BCUT2D eigenvalue weighted by Crippen LogP contribution is 2.50. The number of ether oxygens (including phenoxy) is 1. The lowest BCUT2D eigenvalue weighted by Crippen LogP contribution is -2.58. The third-order valence-electron chi connectivity index (χ3n) is 6.62. The van der Waals surface area contributed by atoms with Crippen LogP contribution >= 0.6 is 0 Å². The van der Waals surface area contributed by atoms with Gasteiger partial charge in [-0.3, -0.25) is 24.6 Å². The van der Waals surface area contributed by atoms with Crippen LogP contribution in [0.25, 0.3) is 0 Å². The number of imide groups is 1. The van der Waals surface area contributed by atoms with Crippen LogP contribution in [0.4, 0.5) is 5.82 Å². The SMILES string of the molecule is COc1ccccc1C1NC(CO)(C(=O)O)C2C(=O)N(CCn3c([N+](=O)[O-])cnc3C)C(=O)C12. The number of hydrogen-bond donors (Lipinski definition) is 3. The first kappa shape index (κ1) is 23.3. The first-order valence-corrected chi connectivity index (χ1v) is 10.4. The number of nitrogens with one attached hydrogen (secondary N) is 1. The van der Waals surface area contributed by atoms with Gasteiger partial charge in [0, 0.05) is 18.5 Å². The fraction of sp³-hybridized carbons (Fsp3) is 0.429. The monoisotopic (exact) mass is 473 g/mol. The zero-order valence-electron chi connectivity index (χ0n) is 18.4. The number of aliphatic carboxylic acids is 1. The zero-order valence-corrected chi connectivity index (χ0v) is 18.4. The summed E-state index contributed by atoms with van der Waals surface area (Å²) >= 11 is 0. The van der Waals surface area contributed by atoms with Crippen molar-refractivity contribution < 1.29 is 34.3 Å². The number of aliphatic hydroxyl groups excluding tert-OH is 1. The van der Waals surface area contributed by atoms with Crippen LogP contribution < -0.4 is 10.1 Å². The highest BCUT2D eigenvalue weighted by Gasteiger charge is 2.68. The number of methoxy groups -OCH3 is 1. The van der Waals surface area contributed by atoms with Gasteiger partial charge in [0.05, 0.1) is 32.1 Å². The molecule has 4 unspecified atom stereocenters. The molecule has 2 amide bonds. The van der Waals surface area contributed by atoms with E-state index < -0.39 is 52.7 Å². The number of fused-ring (bicyclic) bond motifs is 1. The van der Waals surface area contributed by atoms with Crippen molar-refractivity contribution in [3.8, 4) is 5.75 Å². The molecule has 0 aliphatic carbocycles. The van der Waals surface area contributed by atoms with Gasteiger partial charge in [0.25, 0.3) is 0 Å². The van der Waals surface area contributed by atoms with Gasteiger partial charge in [0.1, 0.15) is 18.5 Å². The van der Waals surface area contributed by atoms with Gasteiger partial charge >= 0.3 is 11.8 Å². The van der Waals surface area contributed by atoms with Crippen molar-refractivity contribution in [3.05, 3.63) is 52.0 Å². The largest absolute Gasteiger partial charge is 0.496 e. The molecule has 13 nitrogen and oxygen atoms in total. The average Bonchev–Trinajstić information content (AvgIpc) is 3.44. The van der Waals surface area contributed by atoms with Gasteiger partial charge in [-0.15, -0.1) is 0 Å². The Balaban J connectivity index is 1.72. The summed E-state index contributed by atoms with van der Waals surface area (Å²) in [6, 6.07) is 5.77. The molecule has 3 heterocycles. The maximum absolute atomic E-state index is 13.5. The van der Waals surface area contributed by atoms with Gasteiger partial charge in [-0.25, -0.2) is 9.55 Å². The minimum Gasteiger partial charge on any atom is -0.496 e. The van der Waals surface area contributed by atoms with Crippen molar-refractivity contribution >= 4 is 23.6 Å². The van der Waals surface area contributed by atoms with Crippen molar-refractivity contribution in [2.24, 2.45) is 11.8 Å². The fourth-order valence-corrected chi connectivity index (χ4v) is 4.96. The van der Waals surface area contributed by atoms with Crippen LogP contribution in [0.3, 0.4) is 0 Å². The minimum atomic E-state index is -2.09. The second-order valence-corrected chi connectivity index (χ2v) is 8.20. The number of likely N-dealkylation sites (tertiary alicyclic amines) is 1. The van der Waals surface area contributed by atoms with Crippen LogP contribution in [-0.4, -0.2) is 73.2 Å². The number of para-hydroxylation sites is 1. The van der Waals surface area contributed by atoms with E-state index in [9.17, 15) is 34.7 Å². The molecule has 1 aromatic heterocycles. The number of nitro groups is 1. The Morgan fingerprint density at radius 3 is 2.62 bits per heavy atom. The van der Waals surface area contributed by atoms with Crippen molar-refractivity contribution in [2.45, 2.75) is 25.0 Å². The first-order chi connectivity index (χ1) is 16.2. The Hall–Kier alpha value is -3.84. The number of carbonyl (C=O) groups is 3. The molecule has 0 bridgehead atoms. The number of nitrogens with zero attached hydrogens (tertiary/aromatic N) is 4. The van der Waals surface area contributed by atoms with E-state index in [1.165, 1.54) is 11.7 Å². The van der Waals surface area contributed by atoms with Gasteiger partial charge in [0.2, 0.25) is 11.8 Å². The van der Waals surface area contributed by atoms with Crippen LogP contribution in [0.5, 0.6) is 5.75 Å². The van der Waals surface area contributed by atoms with Crippen molar-refractivity contribution in [2.75, 3.05) is 20.3 Å². The number of aromatic nitrogens is 2. The smallest absolute Gasteiger partial charge is 0.342 e. The Labute approximate surface area is 193 Å². The van der Waals surface area contributed by atoms with E-state index in [1.54, 1.807) is 31.2 Å². The molecule has 3 N–H and O–H groups in total. The van der Waals surface area contributed by atoms with Crippen LogP contribution in [0, 0.1) is 28.9 Å². The number of amides is 2. The standard InChI is InChI=1S/C21H23N5O8/c1-11-22-9-14(26(32)33)24(11)7-8-25-18(28)15-16(19(25)29)21(10-27,20(30)31)23-17(15)12-5-3-4-6-13(12)34-2/h3-6,9,15-17,23,27H,7-8,10H2,1-2H3,(H,30,31). The summed E-state index contributed by atoms with van der Waals surface area (Å²) in [5, 5.41) is 34.2. The number of benzene rings is 1. The highest BCUT2D eigenvalue weighted by atomic mass is 16.6. The summed E-state index contributed by atoms with van der Waals surface area (Å²) in [7, 11) is 1.43. The van der Waals surface area contributed by atoms with Gasteiger partial charge in [-0.1, -0.05) is 18.2 Å². The minimum absolute atomic E-state index is 0.0922. The second kappa shape index (κ2) is 8.50. The molecule has 0 saturated carbocycles. The maximum atomic E-state index is 13.5. The number of aryl methyl sites for hydroxylation is 1. The summed E-state index contributed by atoms with van der Waals surface area (Å²) in [5.74, 6) is -4.93. The Morgan fingerprint density at radius 2 is 2.00 bits per heavy atom. The summed E-state index contributed by atoms with van der Waals surface area (Å²) in [4.78, 5) is 54.6. The average molecular weight is 473 g/mol. The van der Waals surface area contributed by atoms with Crippen LogP contribution in [0.15, 0.2) is 30.5 Å². The van der Waals surface area contributed by atoms with Crippen molar-refractivity contribution in [1.29, 1.82) is 0 Å². The molecule has 1 aromatic carbocycles. The normalized spacial score (nSPS) is 26.1. The summed E-state index contributed by atoms with van der Waals surface area (Å²) < 4.78 is 6.63. The number of hydrogen-bond acceptors (Lipinski definition) is 9. The molecule has 34 heavy (non-hydrogen) atoms. The quantitative estimate of drug-likeness (QED) is 0.266. The highest BCUT2D eigenvalue weighted by molar-refractivity contribution is 6.09. The summed E-state index contributed by atoms with van der Waals surface area (Å²) in [6.45, 7) is 0.319. The number of rotatable bonds is 8. The predicted octanol–water partition coefficient (Wildman–Crippen LogP) is -0.130. The molecule has 13 heteroatoms. The second-order valence-electron chi connectivity index (χ2n) is 8.20. The number of aliphatic hydroxyl groups is 1. The molecular weight excluding hydrogens is 450 g/mol. The predicted molar refractivity (Wildman–Crippen MR) is 114 cm³/mol. The summed E-state index contributed by atoms with van der Waals surface area (Å²) in [5.41, 5.74) is -1.62. The van der Waals surface area contributed by atoms with Crippen LogP contribution in [-0.2, 0) is 20.9 Å². The lowest BCUT2D eigenvalue weighted by molar-refractivity contribution is -0.392. The van der Waals surface area contributed by atoms with Gasteiger partial charge in [0.15, 0.2) is 11.4 Å². The Kier molecular flexibility index (Phi) is 5.83. The molecule has 2 aromatic rings. The Morgan fingerprint density at radius 1 is 1.29 bits per heavy atom. The van der Waals surface area contributed by atoms with E-state index in [0.29, 0.717) is 17.1 Å². The van der Waals surface area contributed by atoms with Gasteiger partial charge in [-0.05, 0) is 11.0 Å². The third-order valence-corrected chi connectivity index (χ3v) is 6.62. The van der Waals surface area contributed by atoms with E-state index >= 15 is 0 Å². The van der Waals surface area contributed by atoms with E-state index in [4.69, 9.17) is 4.74 Å². The molecule has 0 radical (unpaired) electrons. The molecule has 4 rings (SSSR count). The van der Waals surface area contributed by atoms with Gasteiger partial charge in [-0.2, -0.15) is 0 Å². The van der Waals surface area contributed by atoms with E-state index in [-0.39, 0.29) is 18.9 Å². The number of carboxylic acids is 1. The van der Waals surface area contributed by atoms with E-state index in [0.717, 1.165) is 11.1 Å². The van der Waals surface area contributed by atoms with E-state index in [1.807, 2.05) is 0 Å². The first-order valence-electron chi connectivity index (χ1n) is 10.4. The molecule has 2 saturated heterocycles. The van der Waals surface area contributed by atoms with E-state index in [2.05, 4.69) is 10.3 Å². The topological polar surface area (TPSA) is 177 Å². The molecule has 4 atom stereocenters.